The van der Waals surface area contributed by atoms with Gasteiger partial charge in [0.2, 0.25) is 0 Å². The van der Waals surface area contributed by atoms with Crippen LogP contribution in [-0.4, -0.2) is 33.2 Å². The number of nitro benzene ring substituents is 1. The van der Waals surface area contributed by atoms with E-state index >= 15 is 0 Å². The van der Waals surface area contributed by atoms with E-state index in [-0.39, 0.29) is 17.0 Å². The second-order valence-corrected chi connectivity index (χ2v) is 11.9. The number of hydrogen-bond donors (Lipinski definition) is 1. The van der Waals surface area contributed by atoms with Crippen LogP contribution < -0.4 is 0 Å². The predicted octanol–water partition coefficient (Wildman–Crippen LogP) is 9.26. The number of nitro groups is 1. The number of ketones is 1. The predicted molar refractivity (Wildman–Crippen MR) is 167 cm³/mol. The van der Waals surface area contributed by atoms with Crippen LogP contribution in [-0.2, 0) is 9.59 Å². The number of Topliss-reactive ketones (excluding diaryl/α,β-unsaturated/α-hetero) is 1. The highest BCUT2D eigenvalue weighted by Crippen LogP contribution is 2.40. The van der Waals surface area contributed by atoms with Gasteiger partial charge >= 0.3 is 0 Å². The molecule has 1 N–H and O–H groups in total. The summed E-state index contributed by atoms with van der Waals surface area (Å²) < 4.78 is 0.713. The van der Waals surface area contributed by atoms with Gasteiger partial charge in [-0.15, -0.1) is 0 Å². The average Bonchev–Trinajstić information content (AvgIpc) is 3.22. The van der Waals surface area contributed by atoms with Crippen molar-refractivity contribution in [2.75, 3.05) is 6.54 Å². The zero-order valence-electron chi connectivity index (χ0n) is 24.2. The number of amides is 1. The maximum atomic E-state index is 13.2. The van der Waals surface area contributed by atoms with E-state index in [1.807, 2.05) is 0 Å². The van der Waals surface area contributed by atoms with E-state index in [1.54, 1.807) is 36.4 Å². The molecule has 0 unspecified atom stereocenters. The van der Waals surface area contributed by atoms with Crippen LogP contribution in [0.15, 0.2) is 58.6 Å². The van der Waals surface area contributed by atoms with Crippen molar-refractivity contribution in [2.45, 2.75) is 103 Å². The number of halogens is 1. The summed E-state index contributed by atoms with van der Waals surface area (Å²) >= 11 is 3.38. The van der Waals surface area contributed by atoms with E-state index < -0.39 is 22.7 Å². The molecular formula is C33H43BrN2O5. The van der Waals surface area contributed by atoms with Crippen LogP contribution in [0.4, 0.5) is 5.69 Å². The van der Waals surface area contributed by atoms with Crippen LogP contribution in [0.1, 0.15) is 114 Å². The van der Waals surface area contributed by atoms with Gasteiger partial charge in [0.1, 0.15) is 5.76 Å². The average molecular weight is 628 g/mol. The molecule has 0 radical (unpaired) electrons. The summed E-state index contributed by atoms with van der Waals surface area (Å²) in [5.41, 5.74) is 0.649. The lowest BCUT2D eigenvalue weighted by molar-refractivity contribution is -0.384. The minimum absolute atomic E-state index is 0.0426. The molecule has 1 heterocycles. The van der Waals surface area contributed by atoms with Crippen molar-refractivity contribution in [3.8, 4) is 0 Å². The normalized spacial score (nSPS) is 16.4. The first kappa shape index (κ1) is 32.5. The number of rotatable bonds is 18. The third-order valence-electron chi connectivity index (χ3n) is 7.79. The van der Waals surface area contributed by atoms with E-state index in [4.69, 9.17) is 0 Å². The lowest BCUT2D eigenvalue weighted by Crippen LogP contribution is -2.30. The molecule has 7 nitrogen and oxygen atoms in total. The molecule has 1 fully saturated rings. The summed E-state index contributed by atoms with van der Waals surface area (Å²) in [4.78, 5) is 38.8. The van der Waals surface area contributed by atoms with E-state index in [2.05, 4.69) is 22.9 Å². The number of non-ortho nitro benzene ring substituents is 1. The molecule has 2 aromatic rings. The number of carbonyl (C=O) groups is 2. The molecule has 1 amide bonds. The minimum atomic E-state index is -0.893. The molecule has 41 heavy (non-hydrogen) atoms. The number of nitrogens with zero attached hydrogens (tertiary/aromatic N) is 2. The van der Waals surface area contributed by atoms with Crippen molar-refractivity contribution in [1.82, 2.24) is 4.90 Å². The third-order valence-corrected chi connectivity index (χ3v) is 8.28. The molecule has 0 bridgehead atoms. The van der Waals surface area contributed by atoms with Crippen molar-refractivity contribution in [3.63, 3.8) is 0 Å². The van der Waals surface area contributed by atoms with Crippen LogP contribution in [0.25, 0.3) is 5.76 Å². The van der Waals surface area contributed by atoms with Gasteiger partial charge < -0.3 is 10.0 Å². The summed E-state index contributed by atoms with van der Waals surface area (Å²) in [5, 5.41) is 22.6. The van der Waals surface area contributed by atoms with Gasteiger partial charge in [-0.1, -0.05) is 131 Å². The Morgan fingerprint density at radius 2 is 1.41 bits per heavy atom. The monoisotopic (exact) mass is 626 g/mol. The van der Waals surface area contributed by atoms with Gasteiger partial charge in [0, 0.05) is 28.7 Å². The summed E-state index contributed by atoms with van der Waals surface area (Å²) in [6.45, 7) is 2.58. The number of unbranched alkanes of at least 4 members (excludes halogenated alkanes) is 13. The second-order valence-electron chi connectivity index (χ2n) is 11.0. The topological polar surface area (TPSA) is 101 Å². The van der Waals surface area contributed by atoms with Gasteiger partial charge in [-0.25, -0.2) is 0 Å². The highest BCUT2D eigenvalue weighted by Gasteiger charge is 2.46. The number of aliphatic hydroxyl groups is 1. The Morgan fingerprint density at radius 1 is 0.854 bits per heavy atom. The Labute approximate surface area is 252 Å². The summed E-state index contributed by atoms with van der Waals surface area (Å²) in [6.07, 6.45) is 17.0. The number of carbonyl (C=O) groups excluding carboxylic acids is 2. The van der Waals surface area contributed by atoms with Crippen molar-refractivity contribution in [1.29, 1.82) is 0 Å². The van der Waals surface area contributed by atoms with Gasteiger partial charge in [0.15, 0.2) is 0 Å². The van der Waals surface area contributed by atoms with E-state index in [0.717, 1.165) is 19.3 Å². The van der Waals surface area contributed by atoms with Crippen molar-refractivity contribution in [2.24, 2.45) is 0 Å². The zero-order chi connectivity index (χ0) is 29.6. The molecule has 0 aromatic heterocycles. The van der Waals surface area contributed by atoms with Gasteiger partial charge in [-0.2, -0.15) is 0 Å². The Kier molecular flexibility index (Phi) is 13.5. The highest BCUT2D eigenvalue weighted by molar-refractivity contribution is 9.10. The zero-order valence-corrected chi connectivity index (χ0v) is 25.7. The van der Waals surface area contributed by atoms with Crippen molar-refractivity contribution in [3.05, 3.63) is 79.8 Å². The van der Waals surface area contributed by atoms with Gasteiger partial charge in [0.25, 0.3) is 17.4 Å². The Bertz CT molecular complexity index is 1210. The summed E-state index contributed by atoms with van der Waals surface area (Å²) in [7, 11) is 0. The first-order valence-electron chi connectivity index (χ1n) is 15.1. The molecule has 1 aliphatic heterocycles. The number of likely N-dealkylation sites (tertiary alicyclic amines) is 1. The smallest absolute Gasteiger partial charge is 0.295 e. The van der Waals surface area contributed by atoms with Crippen LogP contribution in [0.3, 0.4) is 0 Å². The molecule has 0 spiro atoms. The fourth-order valence-electron chi connectivity index (χ4n) is 5.53. The molecule has 222 valence electrons. The largest absolute Gasteiger partial charge is 0.507 e. The number of hydrogen-bond acceptors (Lipinski definition) is 5. The van der Waals surface area contributed by atoms with Crippen LogP contribution in [0.5, 0.6) is 0 Å². The quantitative estimate of drug-likeness (QED) is 0.0443. The van der Waals surface area contributed by atoms with Gasteiger partial charge in [-0.05, 0) is 24.1 Å². The molecule has 1 aliphatic rings. The fraction of sp³-hybridized carbons (Fsp3) is 0.515. The van der Waals surface area contributed by atoms with E-state index in [9.17, 15) is 24.8 Å². The minimum Gasteiger partial charge on any atom is -0.507 e. The fourth-order valence-corrected chi connectivity index (χ4v) is 5.93. The molecule has 1 atom stereocenters. The van der Waals surface area contributed by atoms with Crippen LogP contribution >= 0.6 is 15.9 Å². The van der Waals surface area contributed by atoms with Crippen molar-refractivity contribution < 1.29 is 19.6 Å². The molecule has 1 saturated heterocycles. The van der Waals surface area contributed by atoms with Crippen LogP contribution in [0, 0.1) is 10.1 Å². The Balaban J connectivity index is 1.60. The van der Waals surface area contributed by atoms with Gasteiger partial charge in [0.05, 0.1) is 16.5 Å². The molecular weight excluding hydrogens is 584 g/mol. The van der Waals surface area contributed by atoms with E-state index in [0.29, 0.717) is 28.6 Å². The van der Waals surface area contributed by atoms with Gasteiger partial charge in [-0.3, -0.25) is 19.7 Å². The Hall–Kier alpha value is -3.00. The second kappa shape index (κ2) is 17.1. The van der Waals surface area contributed by atoms with Crippen molar-refractivity contribution >= 4 is 39.1 Å². The molecule has 8 heteroatoms. The highest BCUT2D eigenvalue weighted by atomic mass is 79.9. The maximum Gasteiger partial charge on any atom is 0.295 e. The SMILES string of the molecule is CCCCCCCCCCCCCCCCN1C(=O)C(=O)/C(=C(/O)c2cccc(Br)c2)[C@H]1c1cccc([N+](=O)[O-])c1. The first-order chi connectivity index (χ1) is 19.8. The molecule has 3 rings (SSSR count). The molecule has 0 saturated carbocycles. The maximum absolute atomic E-state index is 13.2. The molecule has 0 aliphatic carbocycles. The lowest BCUT2D eigenvalue weighted by atomic mass is 9.95. The number of aliphatic hydroxyl groups excluding tert-OH is 1. The molecule has 2 aromatic carbocycles. The Morgan fingerprint density at radius 3 is 1.98 bits per heavy atom. The lowest BCUT2D eigenvalue weighted by Gasteiger charge is -2.25. The van der Waals surface area contributed by atoms with Crippen LogP contribution in [0.2, 0.25) is 0 Å². The standard InChI is InChI=1S/C33H43BrN2O5/c1-2-3-4-5-6-7-8-9-10-11-12-13-14-15-22-35-30(25-18-17-21-28(24-25)36(40)41)29(32(38)33(35)39)31(37)26-19-16-20-27(34)23-26/h16-21,23-24,30,37H,2-15,22H2,1H3/b31-29+/t30-/m1/s1. The summed E-state index contributed by atoms with van der Waals surface area (Å²) in [6, 6.07) is 11.9. The number of benzene rings is 2. The van der Waals surface area contributed by atoms with E-state index in [1.165, 1.54) is 81.2 Å². The summed E-state index contributed by atoms with van der Waals surface area (Å²) in [5.74, 6) is -1.75. The first-order valence-corrected chi connectivity index (χ1v) is 15.9. The third kappa shape index (κ3) is 9.52.